The van der Waals surface area contributed by atoms with Gasteiger partial charge < -0.3 is 10.2 Å². The molecule has 0 unspecified atom stereocenters. The van der Waals surface area contributed by atoms with E-state index in [0.29, 0.717) is 17.3 Å². The van der Waals surface area contributed by atoms with Gasteiger partial charge in [0.1, 0.15) is 5.69 Å². The van der Waals surface area contributed by atoms with Crippen LogP contribution in [0.1, 0.15) is 24.3 Å². The highest BCUT2D eigenvalue weighted by atomic mass is 35.5. The Labute approximate surface area is 130 Å². The van der Waals surface area contributed by atoms with E-state index in [4.69, 9.17) is 11.6 Å². The van der Waals surface area contributed by atoms with Crippen molar-refractivity contribution in [3.05, 3.63) is 41.0 Å². The molecule has 112 valence electrons. The van der Waals surface area contributed by atoms with Crippen LogP contribution in [0.25, 0.3) is 10.9 Å². The van der Waals surface area contributed by atoms with Crippen molar-refractivity contribution < 1.29 is 4.79 Å². The standard InChI is InChI=1S/C16H20ClN3O/c1-3-20(4-2)10-9-18-16(21)15-11-13(17)12-7-5-6-8-14(12)19-15/h5-8,11H,3-4,9-10H2,1-2H3,(H,18,21). The third-order valence-corrected chi connectivity index (χ3v) is 3.82. The second-order valence-electron chi connectivity index (χ2n) is 4.79. The van der Waals surface area contributed by atoms with Gasteiger partial charge >= 0.3 is 0 Å². The maximum absolute atomic E-state index is 12.1. The van der Waals surface area contributed by atoms with Gasteiger partial charge in [0, 0.05) is 18.5 Å². The number of benzene rings is 1. The number of pyridine rings is 1. The van der Waals surface area contributed by atoms with Gasteiger partial charge in [-0.2, -0.15) is 0 Å². The first kappa shape index (κ1) is 15.7. The molecule has 0 bridgehead atoms. The van der Waals surface area contributed by atoms with E-state index in [1.165, 1.54) is 0 Å². The summed E-state index contributed by atoms with van der Waals surface area (Å²) in [6, 6.07) is 9.16. The number of aromatic nitrogens is 1. The molecule has 1 aromatic heterocycles. The van der Waals surface area contributed by atoms with Gasteiger partial charge in [0.2, 0.25) is 0 Å². The van der Waals surface area contributed by atoms with Crippen molar-refractivity contribution in [1.29, 1.82) is 0 Å². The number of carbonyl (C=O) groups excluding carboxylic acids is 1. The van der Waals surface area contributed by atoms with Crippen molar-refractivity contribution >= 4 is 28.4 Å². The van der Waals surface area contributed by atoms with E-state index < -0.39 is 0 Å². The molecule has 21 heavy (non-hydrogen) atoms. The zero-order chi connectivity index (χ0) is 15.2. The van der Waals surface area contributed by atoms with E-state index in [0.717, 1.165) is 30.5 Å². The molecule has 0 aliphatic heterocycles. The van der Waals surface area contributed by atoms with E-state index in [-0.39, 0.29) is 5.91 Å². The van der Waals surface area contributed by atoms with Crippen LogP contribution < -0.4 is 5.32 Å². The monoisotopic (exact) mass is 305 g/mol. The number of fused-ring (bicyclic) bond motifs is 1. The summed E-state index contributed by atoms with van der Waals surface area (Å²) in [5.41, 5.74) is 1.09. The fraction of sp³-hybridized carbons (Fsp3) is 0.375. The SMILES string of the molecule is CCN(CC)CCNC(=O)c1cc(Cl)c2ccccc2n1. The average Bonchev–Trinajstić information content (AvgIpc) is 2.51. The smallest absolute Gasteiger partial charge is 0.270 e. The van der Waals surface area contributed by atoms with Crippen molar-refractivity contribution in [3.63, 3.8) is 0 Å². The number of para-hydroxylation sites is 1. The third-order valence-electron chi connectivity index (χ3n) is 3.51. The molecule has 0 radical (unpaired) electrons. The van der Waals surface area contributed by atoms with E-state index in [9.17, 15) is 4.79 Å². The average molecular weight is 306 g/mol. The topological polar surface area (TPSA) is 45.2 Å². The number of carbonyl (C=O) groups is 1. The fourth-order valence-corrected chi connectivity index (χ4v) is 2.47. The lowest BCUT2D eigenvalue weighted by Crippen LogP contribution is -2.35. The lowest BCUT2D eigenvalue weighted by atomic mass is 10.2. The molecule has 0 spiro atoms. The normalized spacial score (nSPS) is 11.0. The van der Waals surface area contributed by atoms with Crippen LogP contribution in [-0.4, -0.2) is 42.0 Å². The lowest BCUT2D eigenvalue weighted by molar-refractivity contribution is 0.0944. The summed E-state index contributed by atoms with van der Waals surface area (Å²) in [6.07, 6.45) is 0. The number of nitrogens with one attached hydrogen (secondary N) is 1. The van der Waals surface area contributed by atoms with Crippen molar-refractivity contribution in [3.8, 4) is 0 Å². The molecule has 0 saturated carbocycles. The zero-order valence-electron chi connectivity index (χ0n) is 12.4. The zero-order valence-corrected chi connectivity index (χ0v) is 13.2. The number of hydrogen-bond acceptors (Lipinski definition) is 3. The Morgan fingerprint density at radius 1 is 1.29 bits per heavy atom. The molecule has 1 amide bonds. The Morgan fingerprint density at radius 3 is 2.71 bits per heavy atom. The maximum atomic E-state index is 12.1. The van der Waals surface area contributed by atoms with Crippen LogP contribution in [0.3, 0.4) is 0 Å². The van der Waals surface area contributed by atoms with Gasteiger partial charge in [0.05, 0.1) is 10.5 Å². The van der Waals surface area contributed by atoms with Crippen molar-refractivity contribution in [2.45, 2.75) is 13.8 Å². The van der Waals surface area contributed by atoms with Crippen LogP contribution >= 0.6 is 11.6 Å². The van der Waals surface area contributed by atoms with Crippen molar-refractivity contribution in [2.24, 2.45) is 0 Å². The van der Waals surface area contributed by atoms with E-state index in [1.54, 1.807) is 6.07 Å². The maximum Gasteiger partial charge on any atom is 0.270 e. The predicted octanol–water partition coefficient (Wildman–Crippen LogP) is 2.96. The summed E-state index contributed by atoms with van der Waals surface area (Å²) in [4.78, 5) is 18.8. The summed E-state index contributed by atoms with van der Waals surface area (Å²) < 4.78 is 0. The minimum absolute atomic E-state index is 0.185. The molecular formula is C16H20ClN3O. The van der Waals surface area contributed by atoms with Gasteiger partial charge in [-0.25, -0.2) is 4.98 Å². The summed E-state index contributed by atoms with van der Waals surface area (Å²) >= 11 is 6.21. The molecular weight excluding hydrogens is 286 g/mol. The van der Waals surface area contributed by atoms with Gasteiger partial charge in [-0.15, -0.1) is 0 Å². The lowest BCUT2D eigenvalue weighted by Gasteiger charge is -2.17. The molecule has 0 aliphatic rings. The van der Waals surface area contributed by atoms with Crippen LogP contribution in [0.15, 0.2) is 30.3 Å². The van der Waals surface area contributed by atoms with E-state index in [2.05, 4.69) is 29.0 Å². The van der Waals surface area contributed by atoms with Gasteiger partial charge in [-0.1, -0.05) is 43.6 Å². The number of likely N-dealkylation sites (N-methyl/N-ethyl adjacent to an activating group) is 1. The quantitative estimate of drug-likeness (QED) is 0.892. The molecule has 2 rings (SSSR count). The highest BCUT2D eigenvalue weighted by Gasteiger charge is 2.11. The van der Waals surface area contributed by atoms with Gasteiger partial charge in [0.15, 0.2) is 0 Å². The van der Waals surface area contributed by atoms with Crippen molar-refractivity contribution in [1.82, 2.24) is 15.2 Å². The Morgan fingerprint density at radius 2 is 2.00 bits per heavy atom. The number of nitrogens with zero attached hydrogens (tertiary/aromatic N) is 2. The largest absolute Gasteiger partial charge is 0.349 e. The molecule has 2 aromatic rings. The first-order valence-electron chi connectivity index (χ1n) is 7.21. The molecule has 0 fully saturated rings. The Kier molecular flexibility index (Phi) is 5.53. The van der Waals surface area contributed by atoms with Gasteiger partial charge in [0.25, 0.3) is 5.91 Å². The van der Waals surface area contributed by atoms with E-state index in [1.807, 2.05) is 24.3 Å². The highest BCUT2D eigenvalue weighted by molar-refractivity contribution is 6.35. The molecule has 5 heteroatoms. The number of halogens is 1. The van der Waals surface area contributed by atoms with E-state index >= 15 is 0 Å². The Bertz CT molecular complexity index is 626. The molecule has 1 aromatic carbocycles. The minimum atomic E-state index is -0.185. The van der Waals surface area contributed by atoms with Gasteiger partial charge in [-0.3, -0.25) is 4.79 Å². The summed E-state index contributed by atoms with van der Waals surface area (Å²) in [5, 5.41) is 4.30. The summed E-state index contributed by atoms with van der Waals surface area (Å²) in [7, 11) is 0. The first-order valence-corrected chi connectivity index (χ1v) is 7.59. The summed E-state index contributed by atoms with van der Waals surface area (Å²) in [5.74, 6) is -0.185. The highest BCUT2D eigenvalue weighted by Crippen LogP contribution is 2.22. The second-order valence-corrected chi connectivity index (χ2v) is 5.20. The van der Waals surface area contributed by atoms with Crippen LogP contribution in [0.4, 0.5) is 0 Å². The molecule has 0 saturated heterocycles. The predicted molar refractivity (Wildman–Crippen MR) is 86.9 cm³/mol. The van der Waals surface area contributed by atoms with Crippen LogP contribution in [0, 0.1) is 0 Å². The number of amides is 1. The fourth-order valence-electron chi connectivity index (χ4n) is 2.21. The van der Waals surface area contributed by atoms with Crippen molar-refractivity contribution in [2.75, 3.05) is 26.2 Å². The molecule has 1 N–H and O–H groups in total. The van der Waals surface area contributed by atoms with Crippen LogP contribution in [0.2, 0.25) is 5.02 Å². The molecule has 1 heterocycles. The molecule has 4 nitrogen and oxygen atoms in total. The molecule has 0 atom stereocenters. The number of hydrogen-bond donors (Lipinski definition) is 1. The third kappa shape index (κ3) is 3.93. The molecule has 0 aliphatic carbocycles. The Balaban J connectivity index is 2.06. The number of rotatable bonds is 6. The van der Waals surface area contributed by atoms with Crippen LogP contribution in [-0.2, 0) is 0 Å². The summed E-state index contributed by atoms with van der Waals surface area (Å²) in [6.45, 7) is 7.61. The van der Waals surface area contributed by atoms with Gasteiger partial charge in [-0.05, 0) is 25.2 Å². The second kappa shape index (κ2) is 7.38. The Hall–Kier alpha value is -1.65. The first-order chi connectivity index (χ1) is 10.2. The minimum Gasteiger partial charge on any atom is -0.349 e. The van der Waals surface area contributed by atoms with Crippen LogP contribution in [0.5, 0.6) is 0 Å².